The molecule has 4 heteroatoms. The predicted molar refractivity (Wildman–Crippen MR) is 70.4 cm³/mol. The molecule has 16 heavy (non-hydrogen) atoms. The molecule has 0 saturated heterocycles. The highest BCUT2D eigenvalue weighted by Gasteiger charge is 2.18. The number of benzene rings is 2. The Balaban J connectivity index is 0.000000963. The van der Waals surface area contributed by atoms with E-state index in [-0.39, 0.29) is 13.5 Å². The number of phenolic OH excluding ortho intramolecular Hbond substituents is 1. The van der Waals surface area contributed by atoms with Gasteiger partial charge in [-0.05, 0) is 24.3 Å². The zero-order chi connectivity index (χ0) is 10.3. The molecule has 0 fully saturated rings. The zero-order valence-electron chi connectivity index (χ0n) is 8.21. The Bertz CT molecular complexity index is 525. The van der Waals surface area contributed by atoms with Crippen LogP contribution in [0.15, 0.2) is 62.0 Å². The van der Waals surface area contributed by atoms with Gasteiger partial charge in [-0.15, -0.1) is 0 Å². The topological polar surface area (TPSA) is 20.2 Å². The molecule has 80 valence electrons. The van der Waals surface area contributed by atoms with E-state index >= 15 is 0 Å². The van der Waals surface area contributed by atoms with Gasteiger partial charge < -0.3 is 5.11 Å². The normalized spacial score (nSPS) is 12.2. The van der Waals surface area contributed by atoms with Crippen LogP contribution in [0.5, 0.6) is 5.75 Å². The Kier molecular flexibility index (Phi) is 3.42. The molecule has 0 atom stereocenters. The highest BCUT2D eigenvalue weighted by Crippen LogP contribution is 2.51. The first-order valence-corrected chi connectivity index (χ1v) is 6.24. The Labute approximate surface area is 110 Å². The van der Waals surface area contributed by atoms with Gasteiger partial charge in [0, 0.05) is 28.2 Å². The molecule has 0 spiro atoms. The molecular formula is C12H8OS3. The van der Waals surface area contributed by atoms with Crippen LogP contribution in [0.3, 0.4) is 0 Å². The lowest BCUT2D eigenvalue weighted by atomic mass is 10.3. The molecule has 1 heterocycles. The van der Waals surface area contributed by atoms with Crippen molar-refractivity contribution in [2.75, 3.05) is 0 Å². The lowest BCUT2D eigenvalue weighted by molar-refractivity contribution is 0.459. The Morgan fingerprint density at radius 2 is 1.38 bits per heavy atom. The predicted octanol–water partition coefficient (Wildman–Crippen LogP) is 4.66. The molecule has 0 aliphatic carbocycles. The Hall–Kier alpha value is -0.710. The third-order valence-corrected chi connectivity index (χ3v) is 4.84. The minimum atomic E-state index is 0. The van der Waals surface area contributed by atoms with E-state index in [0.717, 1.165) is 9.79 Å². The molecule has 0 unspecified atom stereocenters. The van der Waals surface area contributed by atoms with Crippen LogP contribution in [-0.2, 0) is 0 Å². The molecular weight excluding hydrogens is 256 g/mol. The van der Waals surface area contributed by atoms with Crippen molar-refractivity contribution in [2.45, 2.75) is 19.6 Å². The summed E-state index contributed by atoms with van der Waals surface area (Å²) in [5.41, 5.74) is 0. The summed E-state index contributed by atoms with van der Waals surface area (Å²) in [5.74, 6) is 0.375. The lowest BCUT2D eigenvalue weighted by Gasteiger charge is -2.18. The van der Waals surface area contributed by atoms with Crippen molar-refractivity contribution >= 4 is 37.0 Å². The molecule has 0 aromatic heterocycles. The number of phenols is 1. The number of aromatic hydroxyl groups is 1. The van der Waals surface area contributed by atoms with Gasteiger partial charge in [0.15, 0.2) is 0 Å². The summed E-state index contributed by atoms with van der Waals surface area (Å²) < 4.78 is 0. The van der Waals surface area contributed by atoms with Crippen LogP contribution >= 0.6 is 37.0 Å². The summed E-state index contributed by atoms with van der Waals surface area (Å²) in [6.07, 6.45) is 0. The Morgan fingerprint density at radius 1 is 0.750 bits per heavy atom. The van der Waals surface area contributed by atoms with Crippen LogP contribution in [0.1, 0.15) is 0 Å². The largest absolute Gasteiger partial charge is 0.507 e. The maximum atomic E-state index is 9.75. The molecule has 1 nitrogen and oxygen atoms in total. The number of fused-ring (bicyclic) bond motifs is 2. The second-order valence-corrected chi connectivity index (χ2v) is 5.39. The first-order valence-electron chi connectivity index (χ1n) is 4.61. The molecule has 2 aromatic carbocycles. The van der Waals surface area contributed by atoms with Gasteiger partial charge in [0.1, 0.15) is 5.75 Å². The molecule has 2 aromatic rings. The maximum absolute atomic E-state index is 9.75. The molecule has 0 amide bonds. The first kappa shape index (κ1) is 11.8. The SMILES string of the molecule is Oc1cccc2c1Sc1ccccc1S2.[S]. The van der Waals surface area contributed by atoms with Crippen LogP contribution in [0.4, 0.5) is 0 Å². The fourth-order valence-corrected chi connectivity index (χ4v) is 3.81. The minimum absolute atomic E-state index is 0. The summed E-state index contributed by atoms with van der Waals surface area (Å²) in [4.78, 5) is 4.59. The highest BCUT2D eigenvalue weighted by atomic mass is 32.2. The monoisotopic (exact) mass is 264 g/mol. The van der Waals surface area contributed by atoms with E-state index in [1.807, 2.05) is 24.3 Å². The maximum Gasteiger partial charge on any atom is 0.130 e. The van der Waals surface area contributed by atoms with Crippen LogP contribution < -0.4 is 0 Å². The average molecular weight is 264 g/mol. The van der Waals surface area contributed by atoms with Crippen LogP contribution in [0.25, 0.3) is 0 Å². The summed E-state index contributed by atoms with van der Waals surface area (Å²) in [5, 5.41) is 9.75. The van der Waals surface area contributed by atoms with Gasteiger partial charge in [0.05, 0.1) is 4.90 Å². The van der Waals surface area contributed by atoms with Crippen LogP contribution in [0, 0.1) is 0 Å². The van der Waals surface area contributed by atoms with Gasteiger partial charge in [-0.3, -0.25) is 0 Å². The fraction of sp³-hybridized carbons (Fsp3) is 0. The Morgan fingerprint density at radius 3 is 2.12 bits per heavy atom. The first-order chi connectivity index (χ1) is 7.34. The van der Waals surface area contributed by atoms with Crippen molar-refractivity contribution in [2.24, 2.45) is 0 Å². The second-order valence-electron chi connectivity index (χ2n) is 3.26. The van der Waals surface area contributed by atoms with Crippen molar-refractivity contribution in [3.8, 4) is 5.75 Å². The summed E-state index contributed by atoms with van der Waals surface area (Å²) >= 11 is 3.35. The number of hydrogen-bond donors (Lipinski definition) is 1. The molecule has 1 N–H and O–H groups in total. The fourth-order valence-electron chi connectivity index (χ4n) is 1.53. The summed E-state index contributed by atoms with van der Waals surface area (Å²) in [6.45, 7) is 0. The number of hydrogen-bond acceptors (Lipinski definition) is 3. The van der Waals surface area contributed by atoms with Crippen molar-refractivity contribution in [3.63, 3.8) is 0 Å². The van der Waals surface area contributed by atoms with E-state index in [2.05, 4.69) is 12.1 Å². The van der Waals surface area contributed by atoms with Gasteiger partial charge in [-0.1, -0.05) is 41.7 Å². The van der Waals surface area contributed by atoms with E-state index in [0.29, 0.717) is 5.75 Å². The van der Waals surface area contributed by atoms with E-state index in [1.165, 1.54) is 9.79 Å². The van der Waals surface area contributed by atoms with E-state index in [1.54, 1.807) is 29.6 Å². The van der Waals surface area contributed by atoms with Gasteiger partial charge in [0.25, 0.3) is 0 Å². The van der Waals surface area contributed by atoms with Gasteiger partial charge >= 0.3 is 0 Å². The molecule has 0 saturated carbocycles. The van der Waals surface area contributed by atoms with E-state index in [9.17, 15) is 5.11 Å². The molecule has 1 aliphatic heterocycles. The van der Waals surface area contributed by atoms with Crippen LogP contribution in [0.2, 0.25) is 0 Å². The van der Waals surface area contributed by atoms with Gasteiger partial charge in [0.2, 0.25) is 0 Å². The zero-order valence-corrected chi connectivity index (χ0v) is 10.7. The van der Waals surface area contributed by atoms with E-state index < -0.39 is 0 Å². The molecule has 3 rings (SSSR count). The van der Waals surface area contributed by atoms with Crippen LogP contribution in [-0.4, -0.2) is 5.11 Å². The third kappa shape index (κ3) is 1.93. The standard InChI is InChI=1S/C12H8OS2.S/c13-8-4-3-7-11-12(8)15-10-6-2-1-5-9(10)14-11;/h1-7,13H;. The second kappa shape index (κ2) is 4.65. The quantitative estimate of drug-likeness (QED) is 0.638. The summed E-state index contributed by atoms with van der Waals surface area (Å²) in [7, 11) is 0. The van der Waals surface area contributed by atoms with Crippen molar-refractivity contribution in [1.29, 1.82) is 0 Å². The average Bonchev–Trinajstić information content (AvgIpc) is 2.27. The van der Waals surface area contributed by atoms with E-state index in [4.69, 9.17) is 0 Å². The number of rotatable bonds is 0. The molecule has 1 aliphatic rings. The van der Waals surface area contributed by atoms with Crippen molar-refractivity contribution in [3.05, 3.63) is 42.5 Å². The highest BCUT2D eigenvalue weighted by molar-refractivity contribution is 8.05. The lowest BCUT2D eigenvalue weighted by Crippen LogP contribution is -1.88. The van der Waals surface area contributed by atoms with Crippen molar-refractivity contribution in [1.82, 2.24) is 0 Å². The van der Waals surface area contributed by atoms with Gasteiger partial charge in [-0.25, -0.2) is 0 Å². The smallest absolute Gasteiger partial charge is 0.130 e. The third-order valence-electron chi connectivity index (χ3n) is 2.24. The van der Waals surface area contributed by atoms with Crippen molar-refractivity contribution < 1.29 is 5.11 Å². The molecule has 0 bridgehead atoms. The summed E-state index contributed by atoms with van der Waals surface area (Å²) in [6, 6.07) is 13.9. The minimum Gasteiger partial charge on any atom is -0.507 e. The molecule has 2 radical (unpaired) electrons. The van der Waals surface area contributed by atoms with Gasteiger partial charge in [-0.2, -0.15) is 0 Å².